The van der Waals surface area contributed by atoms with Crippen molar-refractivity contribution in [3.63, 3.8) is 0 Å². The van der Waals surface area contributed by atoms with Gasteiger partial charge in [-0.1, -0.05) is 19.1 Å². The minimum atomic E-state index is 0.730. The quantitative estimate of drug-likeness (QED) is 0.767. The predicted octanol–water partition coefficient (Wildman–Crippen LogP) is 4.18. The Morgan fingerprint density at radius 1 is 1.15 bits per heavy atom. The summed E-state index contributed by atoms with van der Waals surface area (Å²) in [6, 6.07) is 12.8. The van der Waals surface area contributed by atoms with Crippen molar-refractivity contribution >= 4 is 22.5 Å². The molecule has 3 heterocycles. The normalized spacial score (nSPS) is 17.5. The molecule has 5 heteroatoms. The van der Waals surface area contributed by atoms with Gasteiger partial charge in [0, 0.05) is 31.5 Å². The van der Waals surface area contributed by atoms with Gasteiger partial charge < -0.3 is 10.2 Å². The van der Waals surface area contributed by atoms with Crippen LogP contribution in [-0.2, 0) is 6.54 Å². The van der Waals surface area contributed by atoms with E-state index in [0.717, 1.165) is 41.7 Å². The van der Waals surface area contributed by atoms with Crippen LogP contribution in [0.2, 0.25) is 0 Å². The van der Waals surface area contributed by atoms with Crippen LogP contribution in [0, 0.1) is 12.8 Å². The number of nitrogens with zero attached hydrogens (tertiary/aromatic N) is 4. The Morgan fingerprint density at radius 3 is 2.81 bits per heavy atom. The smallest absolute Gasteiger partial charge is 0.164 e. The van der Waals surface area contributed by atoms with E-state index >= 15 is 0 Å². The Labute approximate surface area is 154 Å². The summed E-state index contributed by atoms with van der Waals surface area (Å²) < 4.78 is 0. The van der Waals surface area contributed by atoms with Gasteiger partial charge in [-0.3, -0.25) is 0 Å². The fraction of sp³-hybridized carbons (Fsp3) is 0.381. The number of fused-ring (bicyclic) bond motifs is 1. The molecule has 1 saturated heterocycles. The molecule has 0 bridgehead atoms. The number of hydrogen-bond donors (Lipinski definition) is 1. The van der Waals surface area contributed by atoms with Crippen molar-refractivity contribution in [2.45, 2.75) is 33.2 Å². The van der Waals surface area contributed by atoms with Crippen molar-refractivity contribution in [3.05, 3.63) is 54.0 Å². The van der Waals surface area contributed by atoms with E-state index in [9.17, 15) is 0 Å². The molecule has 26 heavy (non-hydrogen) atoms. The summed E-state index contributed by atoms with van der Waals surface area (Å²) in [5.41, 5.74) is 3.30. The Balaban J connectivity index is 1.47. The average molecular weight is 347 g/mol. The second-order valence-corrected chi connectivity index (χ2v) is 7.21. The van der Waals surface area contributed by atoms with Crippen molar-refractivity contribution in [1.29, 1.82) is 0 Å². The highest BCUT2D eigenvalue weighted by Crippen LogP contribution is 2.24. The molecule has 1 aromatic carbocycles. The molecule has 0 aliphatic carbocycles. The summed E-state index contributed by atoms with van der Waals surface area (Å²) in [7, 11) is 0. The molecule has 1 N–H and O–H groups in total. The van der Waals surface area contributed by atoms with Crippen molar-refractivity contribution in [2.24, 2.45) is 5.92 Å². The molecule has 2 aromatic heterocycles. The molecular weight excluding hydrogens is 322 g/mol. The van der Waals surface area contributed by atoms with Crippen LogP contribution in [-0.4, -0.2) is 28.0 Å². The Hall–Kier alpha value is -2.69. The molecule has 1 fully saturated rings. The molecule has 0 unspecified atom stereocenters. The van der Waals surface area contributed by atoms with Crippen LogP contribution in [0.5, 0.6) is 0 Å². The molecule has 0 amide bonds. The highest BCUT2D eigenvalue weighted by atomic mass is 15.1. The average Bonchev–Trinajstić information content (AvgIpc) is 2.66. The first-order chi connectivity index (χ1) is 12.7. The summed E-state index contributed by atoms with van der Waals surface area (Å²) in [5, 5.41) is 4.40. The SMILES string of the molecule is Cc1nc(NCc2ccc(N3CCC[C@@H](C)C3)cc2)c2cccnc2n1. The number of hydrogen-bond acceptors (Lipinski definition) is 5. The lowest BCUT2D eigenvalue weighted by molar-refractivity contribution is 0.447. The molecule has 5 nitrogen and oxygen atoms in total. The Bertz CT molecular complexity index is 891. The van der Waals surface area contributed by atoms with E-state index in [1.165, 1.54) is 30.6 Å². The number of aromatic nitrogens is 3. The molecule has 1 aliphatic rings. The van der Waals surface area contributed by atoms with Crippen LogP contribution in [0.15, 0.2) is 42.6 Å². The molecule has 4 rings (SSSR count). The van der Waals surface area contributed by atoms with E-state index in [2.05, 4.69) is 56.4 Å². The molecule has 134 valence electrons. The second kappa shape index (κ2) is 7.28. The van der Waals surface area contributed by atoms with Crippen molar-refractivity contribution in [3.8, 4) is 0 Å². The highest BCUT2D eigenvalue weighted by Gasteiger charge is 2.16. The highest BCUT2D eigenvalue weighted by molar-refractivity contribution is 5.86. The van der Waals surface area contributed by atoms with E-state index in [1.807, 2.05) is 19.1 Å². The van der Waals surface area contributed by atoms with Gasteiger partial charge in [0.25, 0.3) is 0 Å². The fourth-order valence-corrected chi connectivity index (χ4v) is 3.64. The summed E-state index contributed by atoms with van der Waals surface area (Å²) in [5.74, 6) is 2.36. The predicted molar refractivity (Wildman–Crippen MR) is 106 cm³/mol. The minimum absolute atomic E-state index is 0.730. The van der Waals surface area contributed by atoms with Crippen molar-refractivity contribution in [2.75, 3.05) is 23.3 Å². The van der Waals surface area contributed by atoms with Crippen LogP contribution in [0.4, 0.5) is 11.5 Å². The number of piperidine rings is 1. The van der Waals surface area contributed by atoms with E-state index < -0.39 is 0 Å². The lowest BCUT2D eigenvalue weighted by Crippen LogP contribution is -2.34. The van der Waals surface area contributed by atoms with E-state index in [1.54, 1.807) is 6.20 Å². The molecule has 3 aromatic rings. The fourth-order valence-electron chi connectivity index (χ4n) is 3.64. The third-order valence-corrected chi connectivity index (χ3v) is 5.00. The van der Waals surface area contributed by atoms with Gasteiger partial charge in [-0.25, -0.2) is 15.0 Å². The van der Waals surface area contributed by atoms with Crippen LogP contribution < -0.4 is 10.2 Å². The topological polar surface area (TPSA) is 53.9 Å². The summed E-state index contributed by atoms with van der Waals surface area (Å²) in [4.78, 5) is 15.8. The zero-order chi connectivity index (χ0) is 17.9. The van der Waals surface area contributed by atoms with Gasteiger partial charge in [-0.15, -0.1) is 0 Å². The van der Waals surface area contributed by atoms with Gasteiger partial charge in [-0.2, -0.15) is 0 Å². The zero-order valence-electron chi connectivity index (χ0n) is 15.4. The molecule has 1 aliphatic heterocycles. The van der Waals surface area contributed by atoms with E-state index in [4.69, 9.17) is 0 Å². The maximum Gasteiger partial charge on any atom is 0.164 e. The molecule has 0 spiro atoms. The number of nitrogens with one attached hydrogen (secondary N) is 1. The van der Waals surface area contributed by atoms with Crippen LogP contribution in [0.25, 0.3) is 11.0 Å². The van der Waals surface area contributed by atoms with Gasteiger partial charge in [0.2, 0.25) is 0 Å². The Morgan fingerprint density at radius 2 is 2.00 bits per heavy atom. The Kier molecular flexibility index (Phi) is 4.69. The van der Waals surface area contributed by atoms with Gasteiger partial charge in [0.1, 0.15) is 11.6 Å². The van der Waals surface area contributed by atoms with Gasteiger partial charge in [0.15, 0.2) is 5.65 Å². The van der Waals surface area contributed by atoms with Gasteiger partial charge >= 0.3 is 0 Å². The number of anilines is 2. The van der Waals surface area contributed by atoms with Crippen molar-refractivity contribution in [1.82, 2.24) is 15.0 Å². The molecule has 0 saturated carbocycles. The van der Waals surface area contributed by atoms with Crippen molar-refractivity contribution < 1.29 is 0 Å². The molecular formula is C21H25N5. The number of pyridine rings is 1. The first kappa shape index (κ1) is 16.8. The second-order valence-electron chi connectivity index (χ2n) is 7.21. The lowest BCUT2D eigenvalue weighted by Gasteiger charge is -2.32. The van der Waals surface area contributed by atoms with Crippen LogP contribution in [0.3, 0.4) is 0 Å². The molecule has 1 atom stereocenters. The number of aryl methyl sites for hydroxylation is 1. The monoisotopic (exact) mass is 347 g/mol. The summed E-state index contributed by atoms with van der Waals surface area (Å²) >= 11 is 0. The maximum absolute atomic E-state index is 4.55. The lowest BCUT2D eigenvalue weighted by atomic mass is 9.99. The third kappa shape index (κ3) is 3.62. The largest absolute Gasteiger partial charge is 0.371 e. The van der Waals surface area contributed by atoms with Crippen LogP contribution >= 0.6 is 0 Å². The van der Waals surface area contributed by atoms with Crippen LogP contribution in [0.1, 0.15) is 31.2 Å². The zero-order valence-corrected chi connectivity index (χ0v) is 15.4. The van der Waals surface area contributed by atoms with E-state index in [0.29, 0.717) is 0 Å². The summed E-state index contributed by atoms with van der Waals surface area (Å²) in [6.07, 6.45) is 4.40. The first-order valence-corrected chi connectivity index (χ1v) is 9.36. The molecule has 0 radical (unpaired) electrons. The number of rotatable bonds is 4. The standard InChI is InChI=1S/C21H25N5/c1-15-5-4-12-26(14-15)18-9-7-17(8-10-18)13-23-21-19-6-3-11-22-20(19)24-16(2)25-21/h3,6-11,15H,4-5,12-14H2,1-2H3,(H,22,23,24,25)/t15-/m1/s1. The first-order valence-electron chi connectivity index (χ1n) is 9.36. The maximum atomic E-state index is 4.55. The van der Waals surface area contributed by atoms with Gasteiger partial charge in [-0.05, 0) is 55.5 Å². The minimum Gasteiger partial charge on any atom is -0.371 e. The van der Waals surface area contributed by atoms with Gasteiger partial charge in [0.05, 0.1) is 5.39 Å². The summed E-state index contributed by atoms with van der Waals surface area (Å²) in [6.45, 7) is 7.30. The third-order valence-electron chi connectivity index (χ3n) is 5.00. The van der Waals surface area contributed by atoms with E-state index in [-0.39, 0.29) is 0 Å². The number of benzene rings is 1.